The van der Waals surface area contributed by atoms with E-state index < -0.39 is 0 Å². The second kappa shape index (κ2) is 7.40. The summed E-state index contributed by atoms with van der Waals surface area (Å²) in [4.78, 5) is 18.7. The summed E-state index contributed by atoms with van der Waals surface area (Å²) < 4.78 is 1.71. The number of nitrogens with zero attached hydrogens (tertiary/aromatic N) is 5. The number of hydrogen-bond acceptors (Lipinski definition) is 6. The number of anilines is 2. The number of amides is 2. The maximum absolute atomic E-state index is 11.9. The van der Waals surface area contributed by atoms with E-state index in [0.717, 1.165) is 36.9 Å². The third-order valence-electron chi connectivity index (χ3n) is 3.58. The number of hydrogen-bond donors (Lipinski definition) is 2. The van der Waals surface area contributed by atoms with Gasteiger partial charge in [-0.15, -0.1) is 16.4 Å². The van der Waals surface area contributed by atoms with Crippen molar-refractivity contribution in [2.45, 2.75) is 39.3 Å². The molecule has 2 aromatic heterocycles. The molecule has 1 aliphatic rings. The van der Waals surface area contributed by atoms with Crippen LogP contribution in [0.4, 0.5) is 15.7 Å². The second-order valence-electron chi connectivity index (χ2n) is 5.49. The van der Waals surface area contributed by atoms with Gasteiger partial charge >= 0.3 is 6.03 Å². The first kappa shape index (κ1) is 15.7. The summed E-state index contributed by atoms with van der Waals surface area (Å²) in [5.41, 5.74) is 0.877. The average Bonchev–Trinajstić information content (AvgIpc) is 3.27. The van der Waals surface area contributed by atoms with Crippen LogP contribution in [0.2, 0.25) is 0 Å². The Kier molecular flexibility index (Phi) is 5.06. The van der Waals surface area contributed by atoms with Gasteiger partial charge in [-0.1, -0.05) is 12.1 Å². The fourth-order valence-corrected chi connectivity index (χ4v) is 3.34. The molecule has 1 aliphatic heterocycles. The maximum Gasteiger partial charge on any atom is 0.320 e. The van der Waals surface area contributed by atoms with Crippen LogP contribution in [0.5, 0.6) is 0 Å². The van der Waals surface area contributed by atoms with Crippen LogP contribution in [-0.2, 0) is 13.1 Å². The molecule has 8 nitrogen and oxygen atoms in total. The van der Waals surface area contributed by atoms with E-state index in [1.807, 2.05) is 5.38 Å². The van der Waals surface area contributed by atoms with Crippen molar-refractivity contribution < 1.29 is 4.79 Å². The molecule has 2 N–H and O–H groups in total. The topological polar surface area (TPSA) is 88.0 Å². The van der Waals surface area contributed by atoms with Gasteiger partial charge in [0.1, 0.15) is 0 Å². The van der Waals surface area contributed by atoms with E-state index in [1.54, 1.807) is 22.2 Å². The van der Waals surface area contributed by atoms with E-state index in [1.165, 1.54) is 12.8 Å². The summed E-state index contributed by atoms with van der Waals surface area (Å²) in [5, 5.41) is 16.3. The Morgan fingerprint density at radius 1 is 1.39 bits per heavy atom. The van der Waals surface area contributed by atoms with Crippen LogP contribution < -0.4 is 15.5 Å². The largest absolute Gasteiger partial charge is 0.348 e. The second-order valence-corrected chi connectivity index (χ2v) is 6.33. The number of thiazole rings is 1. The summed E-state index contributed by atoms with van der Waals surface area (Å²) in [6.45, 7) is 5.40. The minimum Gasteiger partial charge on any atom is -0.348 e. The Morgan fingerprint density at radius 2 is 2.22 bits per heavy atom. The fraction of sp³-hybridized carbons (Fsp3) is 0.571. The summed E-state index contributed by atoms with van der Waals surface area (Å²) >= 11 is 1.63. The number of rotatable bonds is 6. The number of carbonyl (C=O) groups is 1. The van der Waals surface area contributed by atoms with E-state index in [0.29, 0.717) is 12.4 Å². The minimum atomic E-state index is -0.302. The summed E-state index contributed by atoms with van der Waals surface area (Å²) in [6, 6.07) is -0.302. The highest BCUT2D eigenvalue weighted by Crippen LogP contribution is 2.24. The molecule has 0 atom stereocenters. The smallest absolute Gasteiger partial charge is 0.320 e. The van der Waals surface area contributed by atoms with Gasteiger partial charge in [-0.05, 0) is 19.3 Å². The maximum atomic E-state index is 11.9. The van der Waals surface area contributed by atoms with Crippen molar-refractivity contribution in [2.75, 3.05) is 23.3 Å². The highest BCUT2D eigenvalue weighted by molar-refractivity contribution is 7.13. The third kappa shape index (κ3) is 4.19. The molecular weight excluding hydrogens is 314 g/mol. The van der Waals surface area contributed by atoms with Gasteiger partial charge in [0.05, 0.1) is 18.4 Å². The molecule has 0 saturated carbocycles. The number of aromatic nitrogens is 4. The zero-order chi connectivity index (χ0) is 16.1. The number of aryl methyl sites for hydroxylation is 1. The molecule has 0 spiro atoms. The highest BCUT2D eigenvalue weighted by Gasteiger charge is 2.15. The first-order chi connectivity index (χ1) is 11.2. The lowest BCUT2D eigenvalue weighted by atomic mass is 10.4. The zero-order valence-electron chi connectivity index (χ0n) is 13.2. The zero-order valence-corrected chi connectivity index (χ0v) is 14.0. The van der Waals surface area contributed by atoms with Crippen LogP contribution in [0.1, 0.15) is 31.9 Å². The SMILES string of the molecule is CCCn1cc(NC(=O)NCc2csc(N3CCCC3)n2)nn1. The van der Waals surface area contributed by atoms with Gasteiger partial charge < -0.3 is 10.2 Å². The molecule has 3 rings (SSSR count). The Bertz CT molecular complexity index is 647. The third-order valence-corrected chi connectivity index (χ3v) is 4.53. The lowest BCUT2D eigenvalue weighted by molar-refractivity contribution is 0.251. The first-order valence-electron chi connectivity index (χ1n) is 7.89. The van der Waals surface area contributed by atoms with Crippen molar-refractivity contribution >= 4 is 28.3 Å². The van der Waals surface area contributed by atoms with Gasteiger partial charge in [-0.3, -0.25) is 10.00 Å². The van der Waals surface area contributed by atoms with Gasteiger partial charge in [0.2, 0.25) is 0 Å². The Hall–Kier alpha value is -2.16. The fourth-order valence-electron chi connectivity index (χ4n) is 2.46. The van der Waals surface area contributed by atoms with Gasteiger partial charge in [0.25, 0.3) is 0 Å². The molecule has 0 aromatic carbocycles. The van der Waals surface area contributed by atoms with E-state index in [-0.39, 0.29) is 6.03 Å². The molecule has 0 bridgehead atoms. The standard InChI is InChI=1S/C14H21N7OS/c1-2-5-21-9-12(18-19-21)17-13(22)15-8-11-10-23-14(16-11)20-6-3-4-7-20/h9-10H,2-8H2,1H3,(H2,15,17,22). The van der Waals surface area contributed by atoms with Crippen LogP contribution in [0.3, 0.4) is 0 Å². The highest BCUT2D eigenvalue weighted by atomic mass is 32.1. The van der Waals surface area contributed by atoms with Crippen LogP contribution in [0.15, 0.2) is 11.6 Å². The van der Waals surface area contributed by atoms with E-state index >= 15 is 0 Å². The molecule has 0 aliphatic carbocycles. The van der Waals surface area contributed by atoms with E-state index in [2.05, 4.69) is 37.8 Å². The molecule has 1 fully saturated rings. The molecule has 124 valence electrons. The molecule has 1 saturated heterocycles. The van der Waals surface area contributed by atoms with Gasteiger partial charge in [-0.25, -0.2) is 9.78 Å². The quantitative estimate of drug-likeness (QED) is 0.844. The Labute approximate surface area is 138 Å². The monoisotopic (exact) mass is 335 g/mol. The number of carbonyl (C=O) groups excluding carboxylic acids is 1. The molecule has 9 heteroatoms. The van der Waals surface area contributed by atoms with Crippen molar-refractivity contribution in [1.29, 1.82) is 0 Å². The van der Waals surface area contributed by atoms with E-state index in [9.17, 15) is 4.79 Å². The molecule has 3 heterocycles. The van der Waals surface area contributed by atoms with E-state index in [4.69, 9.17) is 0 Å². The summed E-state index contributed by atoms with van der Waals surface area (Å²) in [5.74, 6) is 0.451. The Morgan fingerprint density at radius 3 is 3.00 bits per heavy atom. The van der Waals surface area contributed by atoms with Crippen molar-refractivity contribution in [3.05, 3.63) is 17.3 Å². The van der Waals surface area contributed by atoms with Crippen LogP contribution in [-0.4, -0.2) is 39.1 Å². The molecule has 2 amide bonds. The van der Waals surface area contributed by atoms with Crippen molar-refractivity contribution in [1.82, 2.24) is 25.3 Å². The van der Waals surface area contributed by atoms with Crippen molar-refractivity contribution in [2.24, 2.45) is 0 Å². The lowest BCUT2D eigenvalue weighted by Crippen LogP contribution is -2.28. The first-order valence-corrected chi connectivity index (χ1v) is 8.77. The van der Waals surface area contributed by atoms with Crippen molar-refractivity contribution in [3.63, 3.8) is 0 Å². The van der Waals surface area contributed by atoms with Gasteiger partial charge in [0, 0.05) is 25.0 Å². The van der Waals surface area contributed by atoms with Crippen molar-refractivity contribution in [3.8, 4) is 0 Å². The number of urea groups is 1. The van der Waals surface area contributed by atoms with Crippen LogP contribution >= 0.6 is 11.3 Å². The predicted octanol–water partition coefficient (Wildman–Crippen LogP) is 2.07. The average molecular weight is 335 g/mol. The normalized spacial score (nSPS) is 14.2. The Balaban J connectivity index is 1.46. The molecule has 2 aromatic rings. The molecular formula is C14H21N7OS. The molecule has 0 radical (unpaired) electrons. The molecule has 0 unspecified atom stereocenters. The summed E-state index contributed by atoms with van der Waals surface area (Å²) in [7, 11) is 0. The molecule has 23 heavy (non-hydrogen) atoms. The van der Waals surface area contributed by atoms with Gasteiger partial charge in [0.15, 0.2) is 10.9 Å². The van der Waals surface area contributed by atoms with Crippen LogP contribution in [0.25, 0.3) is 0 Å². The number of nitrogens with one attached hydrogen (secondary N) is 2. The lowest BCUT2D eigenvalue weighted by Gasteiger charge is -2.12. The minimum absolute atomic E-state index is 0.302. The van der Waals surface area contributed by atoms with Crippen LogP contribution in [0, 0.1) is 0 Å². The van der Waals surface area contributed by atoms with Gasteiger partial charge in [-0.2, -0.15) is 0 Å². The predicted molar refractivity (Wildman–Crippen MR) is 89.7 cm³/mol. The summed E-state index contributed by atoms with van der Waals surface area (Å²) in [6.07, 6.45) is 5.15.